The van der Waals surface area contributed by atoms with E-state index in [0.717, 1.165) is 12.0 Å². The number of carbonyl (C=O) groups excluding carboxylic acids is 1. The molecule has 2 aromatic carbocycles. The van der Waals surface area contributed by atoms with Gasteiger partial charge in [0.15, 0.2) is 0 Å². The average Bonchev–Trinajstić information content (AvgIpc) is 2.93. The highest BCUT2D eigenvalue weighted by Crippen LogP contribution is 2.28. The van der Waals surface area contributed by atoms with Crippen molar-refractivity contribution < 1.29 is 13.6 Å². The summed E-state index contributed by atoms with van der Waals surface area (Å²) in [7, 11) is 0. The maximum Gasteiger partial charge on any atom is 0.255 e. The predicted octanol–water partition coefficient (Wildman–Crippen LogP) is 4.36. The summed E-state index contributed by atoms with van der Waals surface area (Å²) in [5.74, 6) is -1.14. The molecule has 108 valence electrons. The van der Waals surface area contributed by atoms with Gasteiger partial charge in [0.05, 0.1) is 5.02 Å². The van der Waals surface area contributed by atoms with E-state index in [1.807, 2.05) is 0 Å². The van der Waals surface area contributed by atoms with Crippen LogP contribution < -0.4 is 5.32 Å². The molecule has 0 unspecified atom stereocenters. The summed E-state index contributed by atoms with van der Waals surface area (Å²) >= 11 is 5.68. The van der Waals surface area contributed by atoms with Gasteiger partial charge in [0.1, 0.15) is 11.6 Å². The van der Waals surface area contributed by atoms with Gasteiger partial charge in [-0.2, -0.15) is 0 Å². The van der Waals surface area contributed by atoms with E-state index in [1.165, 1.54) is 30.3 Å². The van der Waals surface area contributed by atoms with Gasteiger partial charge in [-0.15, -0.1) is 0 Å². The molecule has 0 saturated heterocycles. The summed E-state index contributed by atoms with van der Waals surface area (Å²) in [6.07, 6.45) is 2.20. The SMILES string of the molecule is O=C(Nc1ccc(F)c(Cl)c1)c1ccc(F)c2c1CCC2. The Labute approximate surface area is 125 Å². The van der Waals surface area contributed by atoms with E-state index in [-0.39, 0.29) is 16.7 Å². The standard InChI is InChI=1S/C16H12ClF2NO/c17-13-8-9(4-6-15(13)19)20-16(21)12-5-7-14(18)11-3-1-2-10(11)12/h4-8H,1-3H2,(H,20,21). The predicted molar refractivity (Wildman–Crippen MR) is 77.8 cm³/mol. The number of anilines is 1. The molecular weight excluding hydrogens is 296 g/mol. The summed E-state index contributed by atoms with van der Waals surface area (Å²) < 4.78 is 26.8. The van der Waals surface area contributed by atoms with Gasteiger partial charge in [-0.25, -0.2) is 8.78 Å². The summed E-state index contributed by atoms with van der Waals surface area (Å²) in [5.41, 5.74) is 2.26. The number of hydrogen-bond acceptors (Lipinski definition) is 1. The van der Waals surface area contributed by atoms with Crippen LogP contribution in [0.4, 0.5) is 14.5 Å². The Morgan fingerprint density at radius 2 is 1.76 bits per heavy atom. The topological polar surface area (TPSA) is 29.1 Å². The number of hydrogen-bond donors (Lipinski definition) is 1. The molecule has 0 radical (unpaired) electrons. The van der Waals surface area contributed by atoms with Crippen LogP contribution in [0.3, 0.4) is 0 Å². The van der Waals surface area contributed by atoms with Crippen molar-refractivity contribution in [1.82, 2.24) is 0 Å². The Morgan fingerprint density at radius 3 is 2.52 bits per heavy atom. The maximum atomic E-state index is 13.7. The molecule has 0 bridgehead atoms. The van der Waals surface area contributed by atoms with E-state index >= 15 is 0 Å². The van der Waals surface area contributed by atoms with Crippen LogP contribution in [0.25, 0.3) is 0 Å². The molecule has 1 aliphatic rings. The van der Waals surface area contributed by atoms with E-state index < -0.39 is 5.82 Å². The van der Waals surface area contributed by atoms with Crippen LogP contribution in [0.2, 0.25) is 5.02 Å². The van der Waals surface area contributed by atoms with Gasteiger partial charge in [-0.05, 0) is 60.7 Å². The third-order valence-corrected chi connectivity index (χ3v) is 3.94. The van der Waals surface area contributed by atoms with Crippen LogP contribution in [0, 0.1) is 11.6 Å². The van der Waals surface area contributed by atoms with Crippen molar-refractivity contribution >= 4 is 23.2 Å². The van der Waals surface area contributed by atoms with E-state index in [4.69, 9.17) is 11.6 Å². The Kier molecular flexibility index (Phi) is 3.64. The molecule has 0 aromatic heterocycles. The zero-order chi connectivity index (χ0) is 15.0. The molecule has 3 rings (SSSR count). The second-order valence-corrected chi connectivity index (χ2v) is 5.40. The Bertz CT molecular complexity index is 730. The number of amides is 1. The third-order valence-electron chi connectivity index (χ3n) is 3.65. The molecule has 0 heterocycles. The molecule has 21 heavy (non-hydrogen) atoms. The van der Waals surface area contributed by atoms with Gasteiger partial charge in [-0.3, -0.25) is 4.79 Å². The Morgan fingerprint density at radius 1 is 1.05 bits per heavy atom. The van der Waals surface area contributed by atoms with Crippen molar-refractivity contribution in [3.05, 3.63) is 63.7 Å². The minimum absolute atomic E-state index is 0.0582. The van der Waals surface area contributed by atoms with Gasteiger partial charge in [0.2, 0.25) is 0 Å². The molecule has 0 spiro atoms. The highest BCUT2D eigenvalue weighted by atomic mass is 35.5. The minimum atomic E-state index is -0.544. The van der Waals surface area contributed by atoms with Crippen molar-refractivity contribution in [1.29, 1.82) is 0 Å². The first-order valence-corrected chi connectivity index (χ1v) is 7.00. The van der Waals surface area contributed by atoms with Crippen LogP contribution in [0.5, 0.6) is 0 Å². The smallest absolute Gasteiger partial charge is 0.255 e. The van der Waals surface area contributed by atoms with E-state index in [9.17, 15) is 13.6 Å². The lowest BCUT2D eigenvalue weighted by atomic mass is 10.0. The molecule has 1 N–H and O–H groups in total. The number of rotatable bonds is 2. The van der Waals surface area contributed by atoms with Crippen LogP contribution in [-0.4, -0.2) is 5.91 Å². The van der Waals surface area contributed by atoms with Crippen molar-refractivity contribution in [3.8, 4) is 0 Å². The normalized spacial score (nSPS) is 13.1. The third kappa shape index (κ3) is 2.63. The molecular formula is C16H12ClF2NO. The summed E-state index contributed by atoms with van der Waals surface area (Å²) in [6.45, 7) is 0. The number of carbonyl (C=O) groups is 1. The molecule has 0 atom stereocenters. The average molecular weight is 308 g/mol. The molecule has 2 nitrogen and oxygen atoms in total. The molecule has 0 fully saturated rings. The van der Waals surface area contributed by atoms with Gasteiger partial charge in [0.25, 0.3) is 5.91 Å². The molecule has 2 aromatic rings. The van der Waals surface area contributed by atoms with Crippen LogP contribution in [0.1, 0.15) is 27.9 Å². The van der Waals surface area contributed by atoms with Crippen LogP contribution in [0.15, 0.2) is 30.3 Å². The number of fused-ring (bicyclic) bond motifs is 1. The lowest BCUT2D eigenvalue weighted by Crippen LogP contribution is -2.14. The van der Waals surface area contributed by atoms with Gasteiger partial charge < -0.3 is 5.32 Å². The summed E-state index contributed by atoms with van der Waals surface area (Å²) in [6, 6.07) is 6.77. The van der Waals surface area contributed by atoms with E-state index in [2.05, 4.69) is 5.32 Å². The van der Waals surface area contributed by atoms with Gasteiger partial charge >= 0.3 is 0 Å². The van der Waals surface area contributed by atoms with Crippen molar-refractivity contribution in [2.45, 2.75) is 19.3 Å². The lowest BCUT2D eigenvalue weighted by molar-refractivity contribution is 0.102. The minimum Gasteiger partial charge on any atom is -0.322 e. The van der Waals surface area contributed by atoms with Crippen molar-refractivity contribution in [2.24, 2.45) is 0 Å². The van der Waals surface area contributed by atoms with Crippen molar-refractivity contribution in [2.75, 3.05) is 5.32 Å². The molecule has 5 heteroatoms. The zero-order valence-corrected chi connectivity index (χ0v) is 11.8. The molecule has 1 aliphatic carbocycles. The Balaban J connectivity index is 1.89. The maximum absolute atomic E-state index is 13.7. The second kappa shape index (κ2) is 5.45. The fourth-order valence-corrected chi connectivity index (χ4v) is 2.83. The fourth-order valence-electron chi connectivity index (χ4n) is 2.65. The first kappa shape index (κ1) is 14.0. The van der Waals surface area contributed by atoms with Crippen molar-refractivity contribution in [3.63, 3.8) is 0 Å². The largest absolute Gasteiger partial charge is 0.322 e. The van der Waals surface area contributed by atoms with Gasteiger partial charge in [0, 0.05) is 11.3 Å². The van der Waals surface area contributed by atoms with Gasteiger partial charge in [-0.1, -0.05) is 11.6 Å². The first-order valence-electron chi connectivity index (χ1n) is 6.63. The highest BCUT2D eigenvalue weighted by molar-refractivity contribution is 6.31. The second-order valence-electron chi connectivity index (χ2n) is 4.99. The number of nitrogens with one attached hydrogen (secondary N) is 1. The first-order chi connectivity index (χ1) is 10.1. The lowest BCUT2D eigenvalue weighted by Gasteiger charge is -2.10. The monoisotopic (exact) mass is 307 g/mol. The highest BCUT2D eigenvalue weighted by Gasteiger charge is 2.22. The Hall–Kier alpha value is -1.94. The number of benzene rings is 2. The molecule has 0 aliphatic heterocycles. The van der Waals surface area contributed by atoms with E-state index in [1.54, 1.807) is 0 Å². The quantitative estimate of drug-likeness (QED) is 0.877. The fraction of sp³-hybridized carbons (Fsp3) is 0.188. The summed E-state index contributed by atoms with van der Waals surface area (Å²) in [5, 5.41) is 2.60. The summed E-state index contributed by atoms with van der Waals surface area (Å²) in [4.78, 5) is 12.3. The number of halogens is 3. The molecule has 1 amide bonds. The van der Waals surface area contributed by atoms with Crippen LogP contribution >= 0.6 is 11.6 Å². The van der Waals surface area contributed by atoms with Crippen LogP contribution in [-0.2, 0) is 12.8 Å². The zero-order valence-electron chi connectivity index (χ0n) is 11.1. The molecule has 0 saturated carbocycles. The van der Waals surface area contributed by atoms with E-state index in [0.29, 0.717) is 29.7 Å².